The second-order valence-electron chi connectivity index (χ2n) is 7.93. The van der Waals surface area contributed by atoms with E-state index in [0.29, 0.717) is 19.6 Å². The van der Waals surface area contributed by atoms with Crippen molar-refractivity contribution in [3.05, 3.63) is 58.9 Å². The van der Waals surface area contributed by atoms with Gasteiger partial charge in [-0.15, -0.1) is 0 Å². The lowest BCUT2D eigenvalue weighted by Crippen LogP contribution is -2.28. The van der Waals surface area contributed by atoms with E-state index in [1.807, 2.05) is 6.92 Å². The lowest BCUT2D eigenvalue weighted by atomic mass is 9.95. The van der Waals surface area contributed by atoms with E-state index in [1.54, 1.807) is 12.1 Å². The van der Waals surface area contributed by atoms with Crippen LogP contribution in [0.25, 0.3) is 11.1 Å². The molecule has 0 spiro atoms. The molecule has 2 atom stereocenters. The molecule has 0 radical (unpaired) electrons. The van der Waals surface area contributed by atoms with Crippen molar-refractivity contribution in [2.75, 3.05) is 13.2 Å². The minimum Gasteiger partial charge on any atom is -0.376 e. The molecule has 164 valence electrons. The molecule has 0 N–H and O–H groups in total. The Morgan fingerprint density at radius 3 is 2.40 bits per heavy atom. The van der Waals surface area contributed by atoms with Gasteiger partial charge in [0.25, 0.3) is 0 Å². The van der Waals surface area contributed by atoms with E-state index in [1.165, 1.54) is 18.2 Å². The summed E-state index contributed by atoms with van der Waals surface area (Å²) in [6.07, 6.45) is 5.97. The Morgan fingerprint density at radius 1 is 0.933 bits per heavy atom. The van der Waals surface area contributed by atoms with E-state index in [9.17, 15) is 13.2 Å². The smallest absolute Gasteiger partial charge is 0.167 e. The largest absolute Gasteiger partial charge is 0.376 e. The van der Waals surface area contributed by atoms with E-state index < -0.39 is 23.6 Å². The van der Waals surface area contributed by atoms with Crippen LogP contribution in [-0.4, -0.2) is 19.3 Å². The van der Waals surface area contributed by atoms with Gasteiger partial charge in [0.1, 0.15) is 5.82 Å². The molecule has 2 aromatic carbocycles. The van der Waals surface area contributed by atoms with Gasteiger partial charge in [-0.1, -0.05) is 50.5 Å². The average Bonchev–Trinajstić information content (AvgIpc) is 2.75. The molecule has 1 fully saturated rings. The van der Waals surface area contributed by atoms with Crippen molar-refractivity contribution in [1.29, 1.82) is 0 Å². The van der Waals surface area contributed by atoms with E-state index in [0.717, 1.165) is 44.1 Å². The molecular formula is C25H31F3O2. The van der Waals surface area contributed by atoms with Crippen LogP contribution in [0.1, 0.15) is 69.6 Å². The minimum atomic E-state index is -1.03. The summed E-state index contributed by atoms with van der Waals surface area (Å²) in [6, 6.07) is 7.74. The summed E-state index contributed by atoms with van der Waals surface area (Å²) in [5.74, 6) is -2.52. The Kier molecular flexibility index (Phi) is 8.34. The number of hydrogen-bond acceptors (Lipinski definition) is 2. The van der Waals surface area contributed by atoms with Crippen molar-refractivity contribution >= 4 is 0 Å². The Balaban J connectivity index is 1.74. The van der Waals surface area contributed by atoms with Crippen molar-refractivity contribution in [2.24, 2.45) is 0 Å². The standard InChI is InChI=1S/C25H31F3O2/c1-3-5-6-7-8-17-9-11-19(22(26)15-17)20-12-13-21(25(28)24(20)27)23-14-10-18(16-30-23)29-4-2/h9,11-13,15,18,23H,3-8,10,14,16H2,1-2H3. The third kappa shape index (κ3) is 5.44. The van der Waals surface area contributed by atoms with E-state index in [-0.39, 0.29) is 22.8 Å². The molecule has 1 aliphatic rings. The molecule has 0 bridgehead atoms. The van der Waals surface area contributed by atoms with Crippen LogP contribution in [0.2, 0.25) is 0 Å². The van der Waals surface area contributed by atoms with E-state index in [4.69, 9.17) is 9.47 Å². The first-order chi connectivity index (χ1) is 14.5. The molecule has 0 aromatic heterocycles. The maximum absolute atomic E-state index is 14.8. The molecule has 2 nitrogen and oxygen atoms in total. The third-order valence-electron chi connectivity index (χ3n) is 5.74. The quantitative estimate of drug-likeness (QED) is 0.401. The highest BCUT2D eigenvalue weighted by molar-refractivity contribution is 5.66. The predicted octanol–water partition coefficient (Wildman–Crippen LogP) is 7.15. The van der Waals surface area contributed by atoms with E-state index >= 15 is 0 Å². The van der Waals surface area contributed by atoms with Gasteiger partial charge in [0, 0.05) is 23.3 Å². The summed E-state index contributed by atoms with van der Waals surface area (Å²) < 4.78 is 55.6. The molecular weight excluding hydrogens is 389 g/mol. The van der Waals surface area contributed by atoms with Gasteiger partial charge >= 0.3 is 0 Å². The van der Waals surface area contributed by atoms with Gasteiger partial charge < -0.3 is 9.47 Å². The molecule has 1 saturated heterocycles. The number of aryl methyl sites for hydroxylation is 1. The fourth-order valence-electron chi connectivity index (χ4n) is 4.05. The average molecular weight is 421 g/mol. The molecule has 1 heterocycles. The van der Waals surface area contributed by atoms with Crippen LogP contribution < -0.4 is 0 Å². The van der Waals surface area contributed by atoms with Crippen LogP contribution in [0.3, 0.4) is 0 Å². The van der Waals surface area contributed by atoms with Crippen LogP contribution in [0.15, 0.2) is 30.3 Å². The highest BCUT2D eigenvalue weighted by atomic mass is 19.2. The van der Waals surface area contributed by atoms with Gasteiger partial charge in [0.05, 0.1) is 18.8 Å². The Labute approximate surface area is 177 Å². The molecule has 0 saturated carbocycles. The topological polar surface area (TPSA) is 18.5 Å². The molecule has 2 unspecified atom stereocenters. The van der Waals surface area contributed by atoms with Crippen molar-refractivity contribution in [3.8, 4) is 11.1 Å². The second kappa shape index (κ2) is 11.0. The lowest BCUT2D eigenvalue weighted by Gasteiger charge is -2.29. The monoisotopic (exact) mass is 420 g/mol. The number of ether oxygens (including phenoxy) is 2. The summed E-state index contributed by atoms with van der Waals surface area (Å²) in [7, 11) is 0. The van der Waals surface area contributed by atoms with Crippen LogP contribution in [0.4, 0.5) is 13.2 Å². The maximum Gasteiger partial charge on any atom is 0.167 e. The fraction of sp³-hybridized carbons (Fsp3) is 0.520. The number of halogens is 3. The van der Waals surface area contributed by atoms with Crippen LogP contribution in [-0.2, 0) is 15.9 Å². The van der Waals surface area contributed by atoms with Crippen molar-refractivity contribution < 1.29 is 22.6 Å². The number of unbranched alkanes of at least 4 members (excludes halogenated alkanes) is 3. The van der Waals surface area contributed by atoms with Crippen molar-refractivity contribution in [2.45, 2.75) is 71.0 Å². The van der Waals surface area contributed by atoms with Gasteiger partial charge in [-0.3, -0.25) is 0 Å². The maximum atomic E-state index is 14.8. The molecule has 2 aromatic rings. The summed E-state index contributed by atoms with van der Waals surface area (Å²) in [6.45, 7) is 5.01. The summed E-state index contributed by atoms with van der Waals surface area (Å²) in [5, 5.41) is 0. The molecule has 3 rings (SSSR count). The van der Waals surface area contributed by atoms with Crippen molar-refractivity contribution in [1.82, 2.24) is 0 Å². The predicted molar refractivity (Wildman–Crippen MR) is 113 cm³/mol. The van der Waals surface area contributed by atoms with Crippen LogP contribution in [0.5, 0.6) is 0 Å². The molecule has 30 heavy (non-hydrogen) atoms. The Hall–Kier alpha value is -1.85. The Bertz CT molecular complexity index is 829. The van der Waals surface area contributed by atoms with Gasteiger partial charge in [-0.2, -0.15) is 0 Å². The van der Waals surface area contributed by atoms with Gasteiger partial charge in [-0.05, 0) is 44.2 Å². The second-order valence-corrected chi connectivity index (χ2v) is 7.93. The zero-order chi connectivity index (χ0) is 21.5. The number of rotatable bonds is 9. The van der Waals surface area contributed by atoms with Crippen LogP contribution in [0, 0.1) is 17.5 Å². The first-order valence-corrected chi connectivity index (χ1v) is 11.0. The third-order valence-corrected chi connectivity index (χ3v) is 5.74. The molecule has 0 amide bonds. The first-order valence-electron chi connectivity index (χ1n) is 11.0. The van der Waals surface area contributed by atoms with Gasteiger partial charge in [0.2, 0.25) is 0 Å². The van der Waals surface area contributed by atoms with Gasteiger partial charge in [-0.25, -0.2) is 13.2 Å². The summed E-state index contributed by atoms with van der Waals surface area (Å²) in [4.78, 5) is 0. The Morgan fingerprint density at radius 2 is 1.73 bits per heavy atom. The van der Waals surface area contributed by atoms with Crippen LogP contribution >= 0.6 is 0 Å². The minimum absolute atomic E-state index is 0.00647. The molecule has 0 aliphatic carbocycles. The number of hydrogen-bond donors (Lipinski definition) is 0. The van der Waals surface area contributed by atoms with Gasteiger partial charge in [0.15, 0.2) is 11.6 Å². The number of benzene rings is 2. The molecule has 5 heteroatoms. The summed E-state index contributed by atoms with van der Waals surface area (Å²) >= 11 is 0. The van der Waals surface area contributed by atoms with E-state index in [2.05, 4.69) is 6.92 Å². The fourth-order valence-corrected chi connectivity index (χ4v) is 4.05. The highest BCUT2D eigenvalue weighted by Crippen LogP contribution is 2.35. The normalized spacial score (nSPS) is 19.2. The zero-order valence-electron chi connectivity index (χ0n) is 17.9. The summed E-state index contributed by atoms with van der Waals surface area (Å²) in [5.41, 5.74) is 1.08. The zero-order valence-corrected chi connectivity index (χ0v) is 17.9. The van der Waals surface area contributed by atoms with Crippen molar-refractivity contribution in [3.63, 3.8) is 0 Å². The lowest BCUT2D eigenvalue weighted by molar-refractivity contribution is -0.0850. The first kappa shape index (κ1) is 22.8. The molecule has 1 aliphatic heterocycles. The highest BCUT2D eigenvalue weighted by Gasteiger charge is 2.27. The SMILES string of the molecule is CCCCCCc1ccc(-c2ccc(C3CCC(OCC)CO3)c(F)c2F)c(F)c1.